The largest absolute Gasteiger partial charge is 0.309 e. The van der Waals surface area contributed by atoms with E-state index >= 15 is 0 Å². The highest BCUT2D eigenvalue weighted by Gasteiger charge is 2.22. The van der Waals surface area contributed by atoms with E-state index in [-0.39, 0.29) is 0 Å². The lowest BCUT2D eigenvalue weighted by molar-refractivity contribution is 1.31. The molecular weight excluding hydrogens is 542 g/mol. The maximum atomic E-state index is 2.46. The van der Waals surface area contributed by atoms with E-state index in [1.807, 2.05) is 0 Å². The molecule has 0 radical (unpaired) electrons. The first-order valence-corrected chi connectivity index (χ1v) is 15.5. The first-order valence-electron chi connectivity index (χ1n) is 15.5. The Kier molecular flexibility index (Phi) is 6.90. The molecule has 0 atom stereocenters. The molecule has 8 aromatic carbocycles. The first-order chi connectivity index (χ1) is 22.4. The minimum atomic E-state index is 1.13. The SMILES string of the molecule is c1ccc(-c2ccccc2-c2ccccc2-c2ccccc2N(c2cccc3ccccc23)c2cccc3ccccc23)cc1. The molecule has 0 aliphatic heterocycles. The van der Waals surface area contributed by atoms with Crippen molar-refractivity contribution in [2.24, 2.45) is 0 Å². The lowest BCUT2D eigenvalue weighted by Crippen LogP contribution is -2.12. The molecule has 0 saturated heterocycles. The second-order valence-electron chi connectivity index (χ2n) is 11.3. The summed E-state index contributed by atoms with van der Waals surface area (Å²) in [5.74, 6) is 0. The highest BCUT2D eigenvalue weighted by molar-refractivity contribution is 6.07. The zero-order valence-electron chi connectivity index (χ0n) is 24.8. The van der Waals surface area contributed by atoms with Gasteiger partial charge >= 0.3 is 0 Å². The minimum absolute atomic E-state index is 1.13. The van der Waals surface area contributed by atoms with Gasteiger partial charge in [-0.2, -0.15) is 0 Å². The molecule has 1 nitrogen and oxygen atoms in total. The molecular formula is C44H31N. The Labute approximate surface area is 264 Å². The zero-order chi connectivity index (χ0) is 30.0. The van der Waals surface area contributed by atoms with E-state index in [1.165, 1.54) is 54.9 Å². The van der Waals surface area contributed by atoms with E-state index < -0.39 is 0 Å². The molecule has 0 unspecified atom stereocenters. The summed E-state index contributed by atoms with van der Waals surface area (Å²) in [4.78, 5) is 2.46. The molecule has 8 rings (SSSR count). The summed E-state index contributed by atoms with van der Waals surface area (Å²) in [6.07, 6.45) is 0. The van der Waals surface area contributed by atoms with Crippen molar-refractivity contribution in [1.82, 2.24) is 0 Å². The Morgan fingerprint density at radius 2 is 0.622 bits per heavy atom. The number of anilines is 3. The van der Waals surface area contributed by atoms with Gasteiger partial charge in [0.2, 0.25) is 0 Å². The first kappa shape index (κ1) is 26.7. The number of rotatable bonds is 6. The van der Waals surface area contributed by atoms with Crippen LogP contribution in [0, 0.1) is 0 Å². The van der Waals surface area contributed by atoms with Gasteiger partial charge in [-0.1, -0.05) is 170 Å². The van der Waals surface area contributed by atoms with E-state index in [0.717, 1.165) is 17.1 Å². The molecule has 0 heterocycles. The lowest BCUT2D eigenvalue weighted by Gasteiger charge is -2.30. The number of para-hydroxylation sites is 1. The van der Waals surface area contributed by atoms with Gasteiger partial charge in [-0.15, -0.1) is 0 Å². The van der Waals surface area contributed by atoms with E-state index in [0.29, 0.717) is 0 Å². The third-order valence-corrected chi connectivity index (χ3v) is 8.68. The van der Waals surface area contributed by atoms with Gasteiger partial charge in [-0.3, -0.25) is 0 Å². The van der Waals surface area contributed by atoms with Crippen molar-refractivity contribution in [2.45, 2.75) is 0 Å². The Morgan fingerprint density at radius 3 is 1.22 bits per heavy atom. The Bertz CT molecular complexity index is 2190. The molecule has 0 fully saturated rings. The highest BCUT2D eigenvalue weighted by Crippen LogP contribution is 2.47. The van der Waals surface area contributed by atoms with Crippen molar-refractivity contribution < 1.29 is 0 Å². The molecule has 0 saturated carbocycles. The summed E-state index contributed by atoms with van der Waals surface area (Å²) in [5.41, 5.74) is 10.7. The van der Waals surface area contributed by atoms with Gasteiger partial charge in [0.1, 0.15) is 0 Å². The quantitative estimate of drug-likeness (QED) is 0.191. The van der Waals surface area contributed by atoms with Gasteiger partial charge in [0.05, 0.1) is 17.1 Å². The summed E-state index contributed by atoms with van der Waals surface area (Å²) in [5, 5.41) is 4.86. The van der Waals surface area contributed by atoms with Gasteiger partial charge in [0.15, 0.2) is 0 Å². The van der Waals surface area contributed by atoms with E-state index in [1.54, 1.807) is 0 Å². The third kappa shape index (κ3) is 4.85. The molecule has 0 aliphatic carbocycles. The maximum absolute atomic E-state index is 2.46. The van der Waals surface area contributed by atoms with E-state index in [9.17, 15) is 0 Å². The molecule has 0 spiro atoms. The van der Waals surface area contributed by atoms with Crippen molar-refractivity contribution in [3.63, 3.8) is 0 Å². The summed E-state index contributed by atoms with van der Waals surface area (Å²) < 4.78 is 0. The number of hydrogen-bond donors (Lipinski definition) is 0. The van der Waals surface area contributed by atoms with Crippen molar-refractivity contribution in [1.29, 1.82) is 0 Å². The van der Waals surface area contributed by atoms with Crippen LogP contribution in [0.2, 0.25) is 0 Å². The van der Waals surface area contributed by atoms with E-state index in [4.69, 9.17) is 0 Å². The number of fused-ring (bicyclic) bond motifs is 2. The second-order valence-corrected chi connectivity index (χ2v) is 11.3. The lowest BCUT2D eigenvalue weighted by atomic mass is 9.88. The van der Waals surface area contributed by atoms with Crippen LogP contribution in [0.25, 0.3) is 54.9 Å². The second kappa shape index (κ2) is 11.6. The topological polar surface area (TPSA) is 3.24 Å². The van der Waals surface area contributed by atoms with Crippen LogP contribution < -0.4 is 4.90 Å². The average molecular weight is 574 g/mol. The van der Waals surface area contributed by atoms with Gasteiger partial charge in [0, 0.05) is 16.3 Å². The Balaban J connectivity index is 1.41. The predicted octanol–water partition coefficient (Wildman–Crippen LogP) is 12.5. The summed E-state index contributed by atoms with van der Waals surface area (Å²) in [7, 11) is 0. The predicted molar refractivity (Wildman–Crippen MR) is 192 cm³/mol. The fraction of sp³-hybridized carbons (Fsp3) is 0. The highest BCUT2D eigenvalue weighted by atomic mass is 15.1. The van der Waals surface area contributed by atoms with Gasteiger partial charge < -0.3 is 4.90 Å². The van der Waals surface area contributed by atoms with Crippen molar-refractivity contribution in [3.05, 3.63) is 188 Å². The molecule has 212 valence electrons. The van der Waals surface area contributed by atoms with Crippen LogP contribution in [0.4, 0.5) is 17.1 Å². The van der Waals surface area contributed by atoms with Crippen LogP contribution in [-0.4, -0.2) is 0 Å². The molecule has 8 aromatic rings. The van der Waals surface area contributed by atoms with E-state index in [2.05, 4.69) is 193 Å². The normalized spacial score (nSPS) is 11.1. The smallest absolute Gasteiger partial charge is 0.0540 e. The number of hydrogen-bond acceptors (Lipinski definition) is 1. The van der Waals surface area contributed by atoms with Gasteiger partial charge in [-0.05, 0) is 56.8 Å². The molecule has 1 heteroatoms. The Morgan fingerprint density at radius 1 is 0.244 bits per heavy atom. The van der Waals surface area contributed by atoms with Crippen LogP contribution in [0.3, 0.4) is 0 Å². The van der Waals surface area contributed by atoms with Crippen molar-refractivity contribution in [2.75, 3.05) is 4.90 Å². The molecule has 0 aromatic heterocycles. The number of benzene rings is 8. The van der Waals surface area contributed by atoms with Crippen LogP contribution >= 0.6 is 0 Å². The van der Waals surface area contributed by atoms with Gasteiger partial charge in [0.25, 0.3) is 0 Å². The fourth-order valence-corrected chi connectivity index (χ4v) is 6.63. The van der Waals surface area contributed by atoms with Crippen LogP contribution in [-0.2, 0) is 0 Å². The molecule has 0 N–H and O–H groups in total. The maximum Gasteiger partial charge on any atom is 0.0540 e. The average Bonchev–Trinajstić information content (AvgIpc) is 3.12. The summed E-state index contributed by atoms with van der Waals surface area (Å²) >= 11 is 0. The van der Waals surface area contributed by atoms with Crippen LogP contribution in [0.1, 0.15) is 0 Å². The molecule has 0 amide bonds. The van der Waals surface area contributed by atoms with Gasteiger partial charge in [-0.25, -0.2) is 0 Å². The monoisotopic (exact) mass is 573 g/mol. The molecule has 0 aliphatic rings. The van der Waals surface area contributed by atoms with Crippen molar-refractivity contribution in [3.8, 4) is 33.4 Å². The summed E-state index contributed by atoms with van der Waals surface area (Å²) in [6.45, 7) is 0. The minimum Gasteiger partial charge on any atom is -0.309 e. The Hall–Kier alpha value is -5.92. The van der Waals surface area contributed by atoms with Crippen LogP contribution in [0.5, 0.6) is 0 Å². The zero-order valence-corrected chi connectivity index (χ0v) is 24.8. The fourth-order valence-electron chi connectivity index (χ4n) is 6.63. The third-order valence-electron chi connectivity index (χ3n) is 8.68. The standard InChI is InChI=1S/C44H31N/c1-2-16-32(17-3-1)35-22-8-9-25-38(35)39-26-10-11-27-40(39)41-28-12-13-29-44(41)45(42-30-14-20-33-18-4-6-23-36(33)42)43-31-15-21-34-19-5-7-24-37(34)43/h1-31H. The molecule has 45 heavy (non-hydrogen) atoms. The summed E-state index contributed by atoms with van der Waals surface area (Å²) in [6, 6.07) is 67.7. The number of nitrogens with zero attached hydrogens (tertiary/aromatic N) is 1. The van der Waals surface area contributed by atoms with Crippen molar-refractivity contribution >= 4 is 38.6 Å². The van der Waals surface area contributed by atoms with Crippen LogP contribution in [0.15, 0.2) is 188 Å². The molecule has 0 bridgehead atoms.